The van der Waals surface area contributed by atoms with Crippen LogP contribution in [0.4, 0.5) is 17.1 Å². The van der Waals surface area contributed by atoms with Crippen molar-refractivity contribution in [3.05, 3.63) is 84.4 Å². The summed E-state index contributed by atoms with van der Waals surface area (Å²) >= 11 is 0. The Balaban J connectivity index is 1.56. The predicted molar refractivity (Wildman–Crippen MR) is 128 cm³/mol. The van der Waals surface area contributed by atoms with Crippen LogP contribution in [0.25, 0.3) is 10.9 Å². The number of nitrogens with one attached hydrogen (secondary N) is 2. The largest absolute Gasteiger partial charge is 0.493 e. The summed E-state index contributed by atoms with van der Waals surface area (Å²) in [5.74, 6) is -2.79. The first kappa shape index (κ1) is 22.4. The molecule has 170 valence electrons. The van der Waals surface area contributed by atoms with E-state index in [-0.39, 0.29) is 24.0 Å². The van der Waals surface area contributed by atoms with Crippen molar-refractivity contribution in [3.8, 4) is 5.88 Å². The zero-order valence-electron chi connectivity index (χ0n) is 18.2. The molecule has 3 amide bonds. The van der Waals surface area contributed by atoms with E-state index in [2.05, 4.69) is 20.9 Å². The molecule has 0 bridgehead atoms. The Kier molecular flexibility index (Phi) is 6.45. The number of benzene rings is 3. The zero-order valence-corrected chi connectivity index (χ0v) is 18.2. The van der Waals surface area contributed by atoms with Crippen LogP contribution in [0, 0.1) is 6.92 Å². The molecule has 0 aliphatic heterocycles. The van der Waals surface area contributed by atoms with Gasteiger partial charge >= 0.3 is 11.8 Å². The standard InChI is InChI=1S/C25H21N5O4/c1-16-9-5-7-13-19(16)27-23(32)24(33)29-28-22-18-12-6-8-14-20(18)30(25(22)34)15-21(31)26-17-10-3-2-4-11-17/h2-14,34H,15H2,1H3,(H,26,31)(H,27,32). The van der Waals surface area contributed by atoms with Crippen LogP contribution in [-0.2, 0) is 20.9 Å². The minimum atomic E-state index is -1.12. The molecular weight excluding hydrogens is 434 g/mol. The van der Waals surface area contributed by atoms with Crippen LogP contribution in [0.5, 0.6) is 5.88 Å². The number of hydrogen-bond acceptors (Lipinski definition) is 5. The summed E-state index contributed by atoms with van der Waals surface area (Å²) in [5, 5.41) is 23.8. The molecule has 34 heavy (non-hydrogen) atoms. The Labute approximate surface area is 194 Å². The van der Waals surface area contributed by atoms with Crippen LogP contribution in [0.1, 0.15) is 5.56 Å². The number of anilines is 2. The Morgan fingerprint density at radius 3 is 2.32 bits per heavy atom. The first-order valence-electron chi connectivity index (χ1n) is 10.4. The van der Waals surface area contributed by atoms with E-state index in [1.54, 1.807) is 73.7 Å². The van der Waals surface area contributed by atoms with E-state index in [0.717, 1.165) is 5.56 Å². The fourth-order valence-electron chi connectivity index (χ4n) is 3.43. The highest BCUT2D eigenvalue weighted by Gasteiger charge is 2.20. The van der Waals surface area contributed by atoms with Gasteiger partial charge in [-0.25, -0.2) is 0 Å². The molecule has 0 fully saturated rings. The quantitative estimate of drug-likeness (QED) is 0.302. The average molecular weight is 455 g/mol. The molecule has 9 nitrogen and oxygen atoms in total. The van der Waals surface area contributed by atoms with E-state index in [1.165, 1.54) is 4.57 Å². The van der Waals surface area contributed by atoms with Gasteiger partial charge in [0.1, 0.15) is 6.54 Å². The second-order valence-corrected chi connectivity index (χ2v) is 7.46. The summed E-state index contributed by atoms with van der Waals surface area (Å²) in [6.07, 6.45) is 0. The van der Waals surface area contributed by atoms with Crippen molar-refractivity contribution in [1.29, 1.82) is 0 Å². The van der Waals surface area contributed by atoms with Crippen LogP contribution in [-0.4, -0.2) is 27.4 Å². The predicted octanol–water partition coefficient (Wildman–Crippen LogP) is 4.54. The average Bonchev–Trinajstić information content (AvgIpc) is 3.10. The van der Waals surface area contributed by atoms with Crippen molar-refractivity contribution in [2.24, 2.45) is 10.2 Å². The molecule has 0 saturated carbocycles. The molecule has 0 radical (unpaired) electrons. The summed E-state index contributed by atoms with van der Waals surface area (Å²) in [6.45, 7) is 1.60. The van der Waals surface area contributed by atoms with Gasteiger partial charge in [0.05, 0.1) is 5.52 Å². The molecule has 0 spiro atoms. The number of azo groups is 1. The number of fused-ring (bicyclic) bond motifs is 1. The zero-order chi connectivity index (χ0) is 24.1. The highest BCUT2D eigenvalue weighted by molar-refractivity contribution is 6.40. The Bertz CT molecular complexity index is 1410. The molecule has 1 aromatic heterocycles. The van der Waals surface area contributed by atoms with Crippen LogP contribution in [0.2, 0.25) is 0 Å². The molecule has 0 aliphatic carbocycles. The summed E-state index contributed by atoms with van der Waals surface area (Å²) in [6, 6.07) is 22.8. The third-order valence-electron chi connectivity index (χ3n) is 5.11. The summed E-state index contributed by atoms with van der Waals surface area (Å²) < 4.78 is 1.36. The maximum absolute atomic E-state index is 12.5. The number of rotatable bonds is 5. The van der Waals surface area contributed by atoms with Crippen molar-refractivity contribution in [3.63, 3.8) is 0 Å². The smallest absolute Gasteiger partial charge is 0.353 e. The van der Waals surface area contributed by atoms with E-state index in [4.69, 9.17) is 0 Å². The lowest BCUT2D eigenvalue weighted by Gasteiger charge is -2.08. The molecule has 0 saturated heterocycles. The molecule has 0 aliphatic rings. The van der Waals surface area contributed by atoms with Crippen molar-refractivity contribution >= 4 is 45.7 Å². The van der Waals surface area contributed by atoms with Crippen molar-refractivity contribution < 1.29 is 19.5 Å². The van der Waals surface area contributed by atoms with Crippen molar-refractivity contribution in [2.45, 2.75) is 13.5 Å². The molecule has 4 rings (SSSR count). The number of hydrogen-bond donors (Lipinski definition) is 3. The molecule has 0 unspecified atom stereocenters. The van der Waals surface area contributed by atoms with Gasteiger partial charge in [-0.15, -0.1) is 10.2 Å². The number of para-hydroxylation sites is 3. The van der Waals surface area contributed by atoms with E-state index in [9.17, 15) is 19.5 Å². The molecule has 3 aromatic carbocycles. The monoisotopic (exact) mass is 455 g/mol. The Hall–Kier alpha value is -4.79. The lowest BCUT2D eigenvalue weighted by molar-refractivity contribution is -0.134. The lowest BCUT2D eigenvalue weighted by Crippen LogP contribution is -2.21. The topological polar surface area (TPSA) is 125 Å². The van der Waals surface area contributed by atoms with E-state index >= 15 is 0 Å². The van der Waals surface area contributed by atoms with E-state index in [1.807, 2.05) is 12.1 Å². The van der Waals surface area contributed by atoms with Gasteiger partial charge in [0.2, 0.25) is 11.8 Å². The third kappa shape index (κ3) is 4.83. The highest BCUT2D eigenvalue weighted by atomic mass is 16.3. The number of aryl methyl sites for hydroxylation is 1. The molecule has 0 atom stereocenters. The normalized spacial score (nSPS) is 11.0. The van der Waals surface area contributed by atoms with Crippen molar-refractivity contribution in [2.75, 3.05) is 10.6 Å². The van der Waals surface area contributed by atoms with Crippen LogP contribution in [0.3, 0.4) is 0 Å². The molecular formula is C25H21N5O4. The third-order valence-corrected chi connectivity index (χ3v) is 5.11. The van der Waals surface area contributed by atoms with Gasteiger partial charge < -0.3 is 20.3 Å². The fraction of sp³-hybridized carbons (Fsp3) is 0.0800. The van der Waals surface area contributed by atoms with Crippen LogP contribution < -0.4 is 10.6 Å². The Morgan fingerprint density at radius 2 is 1.56 bits per heavy atom. The van der Waals surface area contributed by atoms with Crippen LogP contribution in [0.15, 0.2) is 89.1 Å². The van der Waals surface area contributed by atoms with E-state index in [0.29, 0.717) is 22.3 Å². The first-order valence-corrected chi connectivity index (χ1v) is 10.4. The number of carbonyl (C=O) groups excluding carboxylic acids is 3. The SMILES string of the molecule is Cc1ccccc1NC(=O)C(=O)N=Nc1c(O)n(CC(=O)Nc2ccccc2)c2ccccc12. The highest BCUT2D eigenvalue weighted by Crippen LogP contribution is 2.38. The maximum Gasteiger partial charge on any atom is 0.353 e. The number of aromatic nitrogens is 1. The second-order valence-electron chi connectivity index (χ2n) is 7.46. The summed E-state index contributed by atoms with van der Waals surface area (Å²) in [4.78, 5) is 37.0. The number of aromatic hydroxyl groups is 1. The van der Waals surface area contributed by atoms with Gasteiger partial charge in [-0.05, 0) is 36.8 Å². The van der Waals surface area contributed by atoms with E-state index < -0.39 is 11.8 Å². The second kappa shape index (κ2) is 9.78. The first-order chi connectivity index (χ1) is 16.4. The summed E-state index contributed by atoms with van der Waals surface area (Å²) in [5.41, 5.74) is 2.40. The molecule has 4 aromatic rings. The fourth-order valence-corrected chi connectivity index (χ4v) is 3.43. The van der Waals surface area contributed by atoms with Crippen molar-refractivity contribution in [1.82, 2.24) is 4.57 Å². The van der Waals surface area contributed by atoms with Gasteiger partial charge in [-0.3, -0.25) is 14.4 Å². The minimum Gasteiger partial charge on any atom is -0.493 e. The Morgan fingerprint density at radius 1 is 0.882 bits per heavy atom. The molecule has 3 N–H and O–H groups in total. The molecule has 1 heterocycles. The van der Waals surface area contributed by atoms with Gasteiger partial charge in [-0.2, -0.15) is 0 Å². The summed E-state index contributed by atoms with van der Waals surface area (Å²) in [7, 11) is 0. The minimum absolute atomic E-state index is 0.0137. The number of nitrogens with zero attached hydrogens (tertiary/aromatic N) is 3. The van der Waals surface area contributed by atoms with Gasteiger partial charge in [0.15, 0.2) is 5.69 Å². The number of amides is 3. The van der Waals surface area contributed by atoms with Gasteiger partial charge in [0.25, 0.3) is 0 Å². The van der Waals surface area contributed by atoms with Gasteiger partial charge in [-0.1, -0.05) is 54.6 Å². The number of carbonyl (C=O) groups is 3. The lowest BCUT2D eigenvalue weighted by atomic mass is 10.2. The molecule has 9 heteroatoms. The van der Waals surface area contributed by atoms with Gasteiger partial charge in [0, 0.05) is 16.8 Å². The maximum atomic E-state index is 12.5. The van der Waals surface area contributed by atoms with Crippen LogP contribution >= 0.6 is 0 Å².